The molecule has 1 unspecified atom stereocenters. The van der Waals surface area contributed by atoms with E-state index in [1.807, 2.05) is 18.2 Å². The molecule has 1 heterocycles. The van der Waals surface area contributed by atoms with E-state index in [1.165, 1.54) is 12.1 Å². The van der Waals surface area contributed by atoms with Gasteiger partial charge in [0, 0.05) is 11.1 Å². The molecule has 1 aromatic heterocycles. The van der Waals surface area contributed by atoms with Crippen LogP contribution in [0.15, 0.2) is 53.1 Å². The number of hydrogen-bond donors (Lipinski definition) is 2. The highest BCUT2D eigenvalue weighted by Gasteiger charge is 2.30. The van der Waals surface area contributed by atoms with Gasteiger partial charge in [-0.05, 0) is 35.7 Å². The van der Waals surface area contributed by atoms with E-state index in [-0.39, 0.29) is 11.7 Å². The van der Waals surface area contributed by atoms with Crippen LogP contribution in [0.25, 0.3) is 17.5 Å². The number of amides is 1. The van der Waals surface area contributed by atoms with Crippen molar-refractivity contribution in [2.24, 2.45) is 0 Å². The summed E-state index contributed by atoms with van der Waals surface area (Å²) in [5.74, 6) is -0.397. The topological polar surface area (TPSA) is 88.2 Å². The average molecular weight is 415 g/mol. The second-order valence-electron chi connectivity index (χ2n) is 6.72. The highest BCUT2D eigenvalue weighted by molar-refractivity contribution is 5.97. The molecule has 1 aliphatic rings. The van der Waals surface area contributed by atoms with Crippen molar-refractivity contribution < 1.29 is 27.6 Å². The lowest BCUT2D eigenvalue weighted by Crippen LogP contribution is -2.31. The molecule has 1 amide bonds. The van der Waals surface area contributed by atoms with Crippen LogP contribution in [-0.4, -0.2) is 27.8 Å². The lowest BCUT2D eigenvalue weighted by molar-refractivity contribution is -0.137. The first kappa shape index (κ1) is 19.8. The van der Waals surface area contributed by atoms with E-state index in [0.717, 1.165) is 23.3 Å². The Balaban J connectivity index is 1.52. The average Bonchev–Trinajstić information content (AvgIpc) is 3.40. The van der Waals surface area contributed by atoms with Gasteiger partial charge in [0.2, 0.25) is 5.82 Å². The number of alkyl halides is 3. The van der Waals surface area contributed by atoms with Gasteiger partial charge in [0.05, 0.1) is 12.2 Å². The molecule has 1 aliphatic carbocycles. The molecular weight excluding hydrogens is 399 g/mol. The van der Waals surface area contributed by atoms with Crippen molar-refractivity contribution in [2.45, 2.75) is 18.6 Å². The van der Waals surface area contributed by atoms with Crippen molar-refractivity contribution >= 4 is 12.0 Å². The summed E-state index contributed by atoms with van der Waals surface area (Å²) in [7, 11) is 0. The molecule has 9 heteroatoms. The van der Waals surface area contributed by atoms with E-state index in [4.69, 9.17) is 4.52 Å². The van der Waals surface area contributed by atoms with Crippen LogP contribution in [0.1, 0.15) is 39.0 Å². The Morgan fingerprint density at radius 1 is 1.20 bits per heavy atom. The van der Waals surface area contributed by atoms with Gasteiger partial charge >= 0.3 is 6.18 Å². The number of hydrogen-bond acceptors (Lipinski definition) is 5. The Labute approximate surface area is 169 Å². The third-order valence-corrected chi connectivity index (χ3v) is 4.77. The number of benzene rings is 2. The molecule has 1 atom stereocenters. The fourth-order valence-corrected chi connectivity index (χ4v) is 3.23. The maximum absolute atomic E-state index is 12.7. The van der Waals surface area contributed by atoms with E-state index < -0.39 is 30.3 Å². The van der Waals surface area contributed by atoms with Crippen molar-refractivity contribution in [1.82, 2.24) is 15.5 Å². The van der Waals surface area contributed by atoms with E-state index in [9.17, 15) is 23.1 Å². The van der Waals surface area contributed by atoms with Crippen LogP contribution >= 0.6 is 0 Å². The Kier molecular flexibility index (Phi) is 5.13. The third kappa shape index (κ3) is 3.84. The number of nitrogens with one attached hydrogen (secondary N) is 1. The maximum Gasteiger partial charge on any atom is 0.416 e. The summed E-state index contributed by atoms with van der Waals surface area (Å²) >= 11 is 0. The summed E-state index contributed by atoms with van der Waals surface area (Å²) in [4.78, 5) is 16.8. The number of aliphatic hydroxyl groups is 1. The molecule has 30 heavy (non-hydrogen) atoms. The first-order valence-electron chi connectivity index (χ1n) is 9.08. The van der Waals surface area contributed by atoms with Gasteiger partial charge in [0.1, 0.15) is 6.04 Å². The lowest BCUT2D eigenvalue weighted by Gasteiger charge is -2.14. The van der Waals surface area contributed by atoms with Gasteiger partial charge in [-0.1, -0.05) is 41.6 Å². The van der Waals surface area contributed by atoms with Gasteiger partial charge in [-0.15, -0.1) is 0 Å². The molecule has 0 radical (unpaired) electrons. The van der Waals surface area contributed by atoms with E-state index >= 15 is 0 Å². The summed E-state index contributed by atoms with van der Waals surface area (Å²) < 4.78 is 43.2. The van der Waals surface area contributed by atoms with Gasteiger partial charge < -0.3 is 14.9 Å². The Morgan fingerprint density at radius 2 is 1.97 bits per heavy atom. The number of halogens is 3. The predicted octanol–water partition coefficient (Wildman–Crippen LogP) is 3.79. The number of fused-ring (bicyclic) bond motifs is 1. The molecule has 6 nitrogen and oxygen atoms in total. The van der Waals surface area contributed by atoms with Crippen LogP contribution in [0.5, 0.6) is 0 Å². The van der Waals surface area contributed by atoms with Gasteiger partial charge in [-0.25, -0.2) is 0 Å². The minimum Gasteiger partial charge on any atom is -0.394 e. The molecule has 0 saturated heterocycles. The molecule has 0 spiro atoms. The van der Waals surface area contributed by atoms with Gasteiger partial charge in [-0.3, -0.25) is 4.79 Å². The smallest absolute Gasteiger partial charge is 0.394 e. The van der Waals surface area contributed by atoms with E-state index in [0.29, 0.717) is 17.5 Å². The summed E-state index contributed by atoms with van der Waals surface area (Å²) in [6, 6.07) is 8.70. The highest BCUT2D eigenvalue weighted by atomic mass is 19.4. The highest BCUT2D eigenvalue weighted by Crippen LogP contribution is 2.30. The van der Waals surface area contributed by atoms with Crippen LogP contribution < -0.4 is 5.32 Å². The number of carbonyl (C=O) groups excluding carboxylic acids is 1. The second kappa shape index (κ2) is 7.75. The molecule has 0 aliphatic heterocycles. The van der Waals surface area contributed by atoms with Crippen molar-refractivity contribution in [1.29, 1.82) is 0 Å². The van der Waals surface area contributed by atoms with Crippen molar-refractivity contribution in [2.75, 3.05) is 6.61 Å². The van der Waals surface area contributed by atoms with Crippen molar-refractivity contribution in [3.63, 3.8) is 0 Å². The normalized spacial score (nSPS) is 13.9. The van der Waals surface area contributed by atoms with Crippen LogP contribution in [0.3, 0.4) is 0 Å². The zero-order valence-corrected chi connectivity index (χ0v) is 15.5. The molecule has 0 fully saturated rings. The van der Waals surface area contributed by atoms with Crippen molar-refractivity contribution in [3.8, 4) is 11.4 Å². The number of nitrogens with zero attached hydrogens (tertiary/aromatic N) is 2. The van der Waals surface area contributed by atoms with Gasteiger partial charge in [0.25, 0.3) is 11.8 Å². The standard InChI is InChI=1S/C21H16F3N3O3/c22-21(23,24)14-9-7-13(8-10-14)18-26-20(30-27-18)17(11-28)25-19(29)16-6-2-4-12-3-1-5-15(12)16/h1-4,6-10,17,28H,5,11H2,(H,25,29). The number of carbonyl (C=O) groups is 1. The summed E-state index contributed by atoms with van der Waals surface area (Å²) in [5, 5.41) is 16.1. The first-order chi connectivity index (χ1) is 14.4. The lowest BCUT2D eigenvalue weighted by atomic mass is 10.0. The zero-order chi connectivity index (χ0) is 21.3. The fourth-order valence-electron chi connectivity index (χ4n) is 3.23. The van der Waals surface area contributed by atoms with Gasteiger partial charge in [-0.2, -0.15) is 18.2 Å². The molecule has 2 aromatic carbocycles. The first-order valence-corrected chi connectivity index (χ1v) is 9.08. The minimum atomic E-state index is -4.44. The Hall–Kier alpha value is -3.46. The molecule has 3 aromatic rings. The number of allylic oxidation sites excluding steroid dienone is 1. The van der Waals surface area contributed by atoms with E-state index in [2.05, 4.69) is 15.5 Å². The third-order valence-electron chi connectivity index (χ3n) is 4.77. The monoisotopic (exact) mass is 415 g/mol. The maximum atomic E-state index is 12.7. The molecule has 2 N–H and O–H groups in total. The Bertz CT molecular complexity index is 1100. The summed E-state index contributed by atoms with van der Waals surface area (Å²) in [6.07, 6.45) is 0.0883. The number of aromatic nitrogens is 2. The molecule has 0 bridgehead atoms. The largest absolute Gasteiger partial charge is 0.416 e. The Morgan fingerprint density at radius 3 is 2.67 bits per heavy atom. The minimum absolute atomic E-state index is 0.0496. The number of aliphatic hydroxyl groups excluding tert-OH is 1. The fraction of sp³-hybridized carbons (Fsp3) is 0.190. The van der Waals surface area contributed by atoms with Crippen molar-refractivity contribution in [3.05, 3.63) is 76.7 Å². The molecule has 4 rings (SSSR count). The quantitative estimate of drug-likeness (QED) is 0.662. The summed E-state index contributed by atoms with van der Waals surface area (Å²) in [5.41, 5.74) is 1.86. The molecule has 0 saturated carbocycles. The van der Waals surface area contributed by atoms with Gasteiger partial charge in [0.15, 0.2) is 0 Å². The predicted molar refractivity (Wildman–Crippen MR) is 101 cm³/mol. The number of rotatable bonds is 5. The SMILES string of the molecule is O=C(NC(CO)c1nc(-c2ccc(C(F)(F)F)cc2)no1)c1cccc2c1CC=C2. The van der Waals surface area contributed by atoms with Crippen LogP contribution in [0.2, 0.25) is 0 Å². The van der Waals surface area contributed by atoms with Crippen LogP contribution in [0, 0.1) is 0 Å². The molecular formula is C21H16F3N3O3. The second-order valence-corrected chi connectivity index (χ2v) is 6.72. The zero-order valence-electron chi connectivity index (χ0n) is 15.5. The van der Waals surface area contributed by atoms with Crippen LogP contribution in [0.4, 0.5) is 13.2 Å². The summed E-state index contributed by atoms with van der Waals surface area (Å²) in [6.45, 7) is -0.492. The van der Waals surface area contributed by atoms with E-state index in [1.54, 1.807) is 12.1 Å². The molecule has 154 valence electrons. The van der Waals surface area contributed by atoms with Crippen LogP contribution in [-0.2, 0) is 12.6 Å².